The van der Waals surface area contributed by atoms with Crippen LogP contribution in [0.25, 0.3) is 0 Å². The number of hydrogen-bond acceptors (Lipinski definition) is 5. The number of carbonyl (C=O) groups is 3. The quantitative estimate of drug-likeness (QED) is 0.579. The van der Waals surface area contributed by atoms with Crippen LogP contribution < -0.4 is 0 Å². The van der Waals surface area contributed by atoms with Crippen LogP contribution in [0, 0.1) is 11.8 Å². The van der Waals surface area contributed by atoms with Crippen LogP contribution in [-0.4, -0.2) is 90.7 Å². The fourth-order valence-corrected chi connectivity index (χ4v) is 2.50. The number of carbonyl (C=O) groups excluding carboxylic acids is 2. The van der Waals surface area contributed by atoms with Crippen molar-refractivity contribution >= 4 is 18.5 Å². The van der Waals surface area contributed by atoms with Gasteiger partial charge in [0.25, 0.3) is 6.47 Å². The van der Waals surface area contributed by atoms with Gasteiger partial charge in [0.15, 0.2) is 0 Å². The van der Waals surface area contributed by atoms with Crippen molar-refractivity contribution in [2.24, 2.45) is 0 Å². The lowest BCUT2D eigenvalue weighted by molar-refractivity contribution is -0.131. The number of hydrogen-bond donors (Lipinski definition) is 1. The maximum atomic E-state index is 12.2. The number of cyclic esters (lactones) is 1. The summed E-state index contributed by atoms with van der Waals surface area (Å²) in [4.78, 5) is 37.6. The highest BCUT2D eigenvalue weighted by atomic mass is 16.6. The molecule has 24 heavy (non-hydrogen) atoms. The van der Waals surface area contributed by atoms with Gasteiger partial charge in [-0.15, -0.1) is 5.92 Å². The molecular formula is C16H25N3O5. The third-order valence-electron chi connectivity index (χ3n) is 3.72. The standard InChI is InChI=1S/C15H23N3O3.CH2O2/c1-2-3-4-6-16-7-5-8-17(10-9-16)14(19)13-18-11-12-21-15(18)20;2-1-3/h2,5-13H2,1H3;1H,(H,2,3). The van der Waals surface area contributed by atoms with Gasteiger partial charge in [-0.25, -0.2) is 4.79 Å². The molecule has 0 bridgehead atoms. The molecule has 134 valence electrons. The van der Waals surface area contributed by atoms with Gasteiger partial charge in [0.2, 0.25) is 5.91 Å². The maximum Gasteiger partial charge on any atom is 0.410 e. The largest absolute Gasteiger partial charge is 0.483 e. The van der Waals surface area contributed by atoms with Crippen molar-refractivity contribution in [3.8, 4) is 11.8 Å². The molecule has 2 rings (SSSR count). The van der Waals surface area contributed by atoms with Crippen LogP contribution in [0.2, 0.25) is 0 Å². The molecule has 8 heteroatoms. The molecule has 0 unspecified atom stereocenters. The van der Waals surface area contributed by atoms with Gasteiger partial charge in [0.05, 0.1) is 13.1 Å². The third kappa shape index (κ3) is 6.87. The van der Waals surface area contributed by atoms with Crippen LogP contribution in [-0.2, 0) is 14.3 Å². The van der Waals surface area contributed by atoms with E-state index in [-0.39, 0.29) is 25.0 Å². The number of carboxylic acid groups (broad SMARTS) is 1. The van der Waals surface area contributed by atoms with E-state index in [1.165, 1.54) is 4.90 Å². The molecule has 0 radical (unpaired) electrons. The van der Waals surface area contributed by atoms with Crippen molar-refractivity contribution in [2.75, 3.05) is 52.4 Å². The normalized spacial score (nSPS) is 17.8. The first-order valence-corrected chi connectivity index (χ1v) is 8.07. The maximum absolute atomic E-state index is 12.2. The van der Waals surface area contributed by atoms with Crippen molar-refractivity contribution in [3.63, 3.8) is 0 Å². The molecule has 8 nitrogen and oxygen atoms in total. The molecule has 0 aromatic rings. The van der Waals surface area contributed by atoms with Crippen LogP contribution in [0.3, 0.4) is 0 Å². The van der Waals surface area contributed by atoms with E-state index in [1.807, 2.05) is 11.8 Å². The first-order chi connectivity index (χ1) is 11.6. The summed E-state index contributed by atoms with van der Waals surface area (Å²) >= 11 is 0. The lowest BCUT2D eigenvalue weighted by atomic mass is 10.3. The first kappa shape index (κ1) is 19.8. The minimum absolute atomic E-state index is 0.00958. The van der Waals surface area contributed by atoms with Crippen molar-refractivity contribution in [2.45, 2.75) is 19.8 Å². The first-order valence-electron chi connectivity index (χ1n) is 8.07. The van der Waals surface area contributed by atoms with Crippen molar-refractivity contribution in [3.05, 3.63) is 0 Å². The Balaban J connectivity index is 0.000000891. The molecule has 0 aromatic carbocycles. The van der Waals surface area contributed by atoms with E-state index in [4.69, 9.17) is 14.6 Å². The second-order valence-electron chi connectivity index (χ2n) is 5.36. The second-order valence-corrected chi connectivity index (χ2v) is 5.36. The highest BCUT2D eigenvalue weighted by molar-refractivity contribution is 5.82. The fourth-order valence-electron chi connectivity index (χ4n) is 2.50. The molecule has 0 spiro atoms. The Morgan fingerprint density at radius 2 is 2.00 bits per heavy atom. The lowest BCUT2D eigenvalue weighted by Gasteiger charge is -2.23. The van der Waals surface area contributed by atoms with E-state index in [1.54, 1.807) is 0 Å². The zero-order valence-corrected chi connectivity index (χ0v) is 14.1. The van der Waals surface area contributed by atoms with Crippen LogP contribution in [0.1, 0.15) is 19.8 Å². The van der Waals surface area contributed by atoms with E-state index >= 15 is 0 Å². The van der Waals surface area contributed by atoms with Crippen molar-refractivity contribution in [1.29, 1.82) is 0 Å². The summed E-state index contributed by atoms with van der Waals surface area (Å²) in [6.45, 7) is 6.85. The summed E-state index contributed by atoms with van der Waals surface area (Å²) in [7, 11) is 0. The van der Waals surface area contributed by atoms with Gasteiger partial charge in [-0.05, 0) is 6.42 Å². The SMILES string of the molecule is CCC#CCN1CCCN(C(=O)CN2CCOC2=O)CC1.O=CO. The molecule has 2 amide bonds. The van der Waals surface area contributed by atoms with Gasteiger partial charge in [0, 0.05) is 32.6 Å². The number of amides is 2. The van der Waals surface area contributed by atoms with Crippen molar-refractivity contribution in [1.82, 2.24) is 14.7 Å². The number of ether oxygens (including phenoxy) is 1. The molecule has 2 fully saturated rings. The predicted molar refractivity (Wildman–Crippen MR) is 87.3 cm³/mol. The van der Waals surface area contributed by atoms with Crippen LogP contribution in [0.5, 0.6) is 0 Å². The predicted octanol–water partition coefficient (Wildman–Crippen LogP) is 0.0871. The Bertz CT molecular complexity index is 486. The Labute approximate surface area is 142 Å². The summed E-state index contributed by atoms with van der Waals surface area (Å²) in [6.07, 6.45) is 1.45. The van der Waals surface area contributed by atoms with Gasteiger partial charge < -0.3 is 14.7 Å². The number of nitrogens with zero attached hydrogens (tertiary/aromatic N) is 3. The highest BCUT2D eigenvalue weighted by Crippen LogP contribution is 2.07. The Hall–Kier alpha value is -2.27. The minimum Gasteiger partial charge on any atom is -0.483 e. The molecule has 2 aliphatic heterocycles. The summed E-state index contributed by atoms with van der Waals surface area (Å²) in [5.74, 6) is 6.23. The average molecular weight is 339 g/mol. The zero-order chi connectivity index (χ0) is 17.8. The van der Waals surface area contributed by atoms with Gasteiger partial charge in [-0.2, -0.15) is 0 Å². The van der Waals surface area contributed by atoms with E-state index < -0.39 is 0 Å². The molecule has 2 heterocycles. The topological polar surface area (TPSA) is 90.4 Å². The summed E-state index contributed by atoms with van der Waals surface area (Å²) < 4.78 is 4.84. The molecule has 0 aromatic heterocycles. The molecule has 2 saturated heterocycles. The van der Waals surface area contributed by atoms with E-state index in [9.17, 15) is 9.59 Å². The fraction of sp³-hybridized carbons (Fsp3) is 0.688. The van der Waals surface area contributed by atoms with Crippen molar-refractivity contribution < 1.29 is 24.2 Å². The zero-order valence-electron chi connectivity index (χ0n) is 14.1. The Kier molecular flexibility index (Phi) is 9.31. The van der Waals surface area contributed by atoms with Crippen LogP contribution in [0.4, 0.5) is 4.79 Å². The molecule has 2 aliphatic rings. The highest BCUT2D eigenvalue weighted by Gasteiger charge is 2.27. The minimum atomic E-state index is -0.380. The smallest absolute Gasteiger partial charge is 0.410 e. The molecule has 0 saturated carbocycles. The second kappa shape index (κ2) is 11.3. The van der Waals surface area contributed by atoms with Gasteiger partial charge in [-0.1, -0.05) is 12.8 Å². The van der Waals surface area contributed by atoms with Gasteiger partial charge >= 0.3 is 6.09 Å². The van der Waals surface area contributed by atoms with Crippen LogP contribution in [0.15, 0.2) is 0 Å². The molecular weight excluding hydrogens is 314 g/mol. The monoisotopic (exact) mass is 339 g/mol. The van der Waals surface area contributed by atoms with E-state index in [0.717, 1.165) is 39.0 Å². The molecule has 0 aliphatic carbocycles. The Morgan fingerprint density at radius 3 is 2.62 bits per heavy atom. The number of rotatable bonds is 3. The Morgan fingerprint density at radius 1 is 1.25 bits per heavy atom. The van der Waals surface area contributed by atoms with Crippen LogP contribution >= 0.6 is 0 Å². The van der Waals surface area contributed by atoms with Gasteiger partial charge in [0.1, 0.15) is 13.2 Å². The van der Waals surface area contributed by atoms with E-state index in [2.05, 4.69) is 16.7 Å². The summed E-state index contributed by atoms with van der Waals surface area (Å²) in [5.41, 5.74) is 0. The molecule has 0 atom stereocenters. The van der Waals surface area contributed by atoms with E-state index in [0.29, 0.717) is 19.7 Å². The third-order valence-corrected chi connectivity index (χ3v) is 3.72. The summed E-state index contributed by atoms with van der Waals surface area (Å²) in [5, 5.41) is 6.89. The van der Waals surface area contributed by atoms with Gasteiger partial charge in [-0.3, -0.25) is 19.4 Å². The summed E-state index contributed by atoms with van der Waals surface area (Å²) in [6, 6.07) is 0. The lowest BCUT2D eigenvalue weighted by Crippen LogP contribution is -2.42. The average Bonchev–Trinajstić information content (AvgIpc) is 2.82. The molecule has 1 N–H and O–H groups in total.